The van der Waals surface area contributed by atoms with E-state index in [0.29, 0.717) is 11.7 Å². The summed E-state index contributed by atoms with van der Waals surface area (Å²) < 4.78 is 0. The third-order valence-electron chi connectivity index (χ3n) is 4.05. The van der Waals surface area contributed by atoms with Gasteiger partial charge in [0.05, 0.1) is 6.10 Å². The second-order valence-corrected chi connectivity index (χ2v) is 7.28. The van der Waals surface area contributed by atoms with Crippen molar-refractivity contribution in [2.45, 2.75) is 44.1 Å². The first-order chi connectivity index (χ1) is 10.6. The van der Waals surface area contributed by atoms with Gasteiger partial charge >= 0.3 is 0 Å². The SMILES string of the molecule is CSC(C)CC(=O)Nc1cccc(CN2CCC(O)CC2)c1. The van der Waals surface area contributed by atoms with Crippen molar-refractivity contribution in [3.63, 3.8) is 0 Å². The van der Waals surface area contributed by atoms with E-state index in [4.69, 9.17) is 0 Å². The van der Waals surface area contributed by atoms with Gasteiger partial charge in [-0.05, 0) is 36.8 Å². The standard InChI is InChI=1S/C17H26N2O2S/c1-13(22-2)10-17(21)18-15-5-3-4-14(11-15)12-19-8-6-16(20)7-9-19/h3-5,11,13,16,20H,6-10,12H2,1-2H3,(H,18,21). The minimum atomic E-state index is -0.139. The Balaban J connectivity index is 1.88. The summed E-state index contributed by atoms with van der Waals surface area (Å²) in [5.74, 6) is 0.0695. The van der Waals surface area contributed by atoms with Crippen molar-refractivity contribution in [2.75, 3.05) is 24.7 Å². The van der Waals surface area contributed by atoms with E-state index in [0.717, 1.165) is 38.2 Å². The molecule has 2 N–H and O–H groups in total. The normalized spacial score (nSPS) is 18.1. The van der Waals surface area contributed by atoms with Crippen LogP contribution in [0.1, 0.15) is 31.7 Å². The van der Waals surface area contributed by atoms with Crippen LogP contribution in [0.3, 0.4) is 0 Å². The van der Waals surface area contributed by atoms with Crippen LogP contribution in [-0.4, -0.2) is 46.6 Å². The van der Waals surface area contributed by atoms with Gasteiger partial charge in [0.2, 0.25) is 5.91 Å². The van der Waals surface area contributed by atoms with Gasteiger partial charge in [-0.15, -0.1) is 0 Å². The van der Waals surface area contributed by atoms with E-state index < -0.39 is 0 Å². The fraction of sp³-hybridized carbons (Fsp3) is 0.588. The van der Waals surface area contributed by atoms with Gasteiger partial charge in [0.15, 0.2) is 0 Å². The number of hydrogen-bond donors (Lipinski definition) is 2. The second-order valence-electron chi connectivity index (χ2n) is 6.01. The molecule has 22 heavy (non-hydrogen) atoms. The lowest BCUT2D eigenvalue weighted by atomic mass is 10.1. The van der Waals surface area contributed by atoms with Gasteiger partial charge in [-0.2, -0.15) is 11.8 Å². The lowest BCUT2D eigenvalue weighted by molar-refractivity contribution is -0.116. The number of benzene rings is 1. The third kappa shape index (κ3) is 5.63. The monoisotopic (exact) mass is 322 g/mol. The zero-order valence-corrected chi connectivity index (χ0v) is 14.2. The van der Waals surface area contributed by atoms with Crippen molar-refractivity contribution < 1.29 is 9.90 Å². The summed E-state index contributed by atoms with van der Waals surface area (Å²) in [6.07, 6.45) is 4.12. The molecular formula is C17H26N2O2S. The molecule has 0 spiro atoms. The Morgan fingerprint density at radius 2 is 2.18 bits per heavy atom. The number of nitrogens with one attached hydrogen (secondary N) is 1. The summed E-state index contributed by atoms with van der Waals surface area (Å²) >= 11 is 1.70. The number of hydrogen-bond acceptors (Lipinski definition) is 4. The summed E-state index contributed by atoms with van der Waals surface area (Å²) in [7, 11) is 0. The fourth-order valence-electron chi connectivity index (χ4n) is 2.64. The molecule has 1 heterocycles. The molecule has 0 radical (unpaired) electrons. The maximum absolute atomic E-state index is 12.0. The molecule has 5 heteroatoms. The van der Waals surface area contributed by atoms with Crippen molar-refractivity contribution in [3.8, 4) is 0 Å². The third-order valence-corrected chi connectivity index (χ3v) is 5.02. The number of carbonyl (C=O) groups is 1. The first-order valence-electron chi connectivity index (χ1n) is 7.89. The van der Waals surface area contributed by atoms with Crippen LogP contribution in [-0.2, 0) is 11.3 Å². The van der Waals surface area contributed by atoms with Crippen molar-refractivity contribution in [3.05, 3.63) is 29.8 Å². The number of amides is 1. The number of aliphatic hydroxyl groups is 1. The van der Waals surface area contributed by atoms with Crippen molar-refractivity contribution in [1.29, 1.82) is 0 Å². The van der Waals surface area contributed by atoms with Gasteiger partial charge in [0.1, 0.15) is 0 Å². The molecule has 1 saturated heterocycles. The maximum atomic E-state index is 12.0. The molecule has 1 aromatic rings. The molecule has 1 aliphatic rings. The van der Waals surface area contributed by atoms with E-state index >= 15 is 0 Å². The highest BCUT2D eigenvalue weighted by molar-refractivity contribution is 7.99. The molecule has 1 aliphatic heterocycles. The highest BCUT2D eigenvalue weighted by Crippen LogP contribution is 2.17. The van der Waals surface area contributed by atoms with Crippen LogP contribution in [0.5, 0.6) is 0 Å². The van der Waals surface area contributed by atoms with E-state index in [9.17, 15) is 9.90 Å². The Labute approximate surface area is 137 Å². The Bertz CT molecular complexity index is 487. The lowest BCUT2D eigenvalue weighted by Gasteiger charge is -2.29. The summed E-state index contributed by atoms with van der Waals surface area (Å²) in [4.78, 5) is 14.3. The molecular weight excluding hydrogens is 296 g/mol. The van der Waals surface area contributed by atoms with Gasteiger partial charge in [0.25, 0.3) is 0 Å². The van der Waals surface area contributed by atoms with E-state index in [1.165, 1.54) is 5.56 Å². The number of piperidine rings is 1. The fourth-order valence-corrected chi connectivity index (χ4v) is 2.96. The first-order valence-corrected chi connectivity index (χ1v) is 9.17. The van der Waals surface area contributed by atoms with Gasteiger partial charge < -0.3 is 10.4 Å². The lowest BCUT2D eigenvalue weighted by Crippen LogP contribution is -2.35. The predicted molar refractivity (Wildman–Crippen MR) is 93.2 cm³/mol. The predicted octanol–water partition coefficient (Wildman–Crippen LogP) is 2.72. The van der Waals surface area contributed by atoms with Crippen LogP contribution in [0.4, 0.5) is 5.69 Å². The topological polar surface area (TPSA) is 52.6 Å². The van der Waals surface area contributed by atoms with Crippen molar-refractivity contribution in [2.24, 2.45) is 0 Å². The Morgan fingerprint density at radius 3 is 2.86 bits per heavy atom. The summed E-state index contributed by atoms with van der Waals surface area (Å²) in [5.41, 5.74) is 2.07. The summed E-state index contributed by atoms with van der Waals surface area (Å²) in [6, 6.07) is 8.06. The minimum absolute atomic E-state index is 0.0695. The van der Waals surface area contributed by atoms with E-state index in [-0.39, 0.29) is 12.0 Å². The number of nitrogens with zero attached hydrogens (tertiary/aromatic N) is 1. The number of rotatable bonds is 6. The molecule has 122 valence electrons. The molecule has 1 amide bonds. The molecule has 2 rings (SSSR count). The number of anilines is 1. The molecule has 0 aliphatic carbocycles. The summed E-state index contributed by atoms with van der Waals surface area (Å²) in [5, 5.41) is 12.9. The maximum Gasteiger partial charge on any atom is 0.225 e. The molecule has 1 aromatic carbocycles. The van der Waals surface area contributed by atoms with Crippen LogP contribution in [0.2, 0.25) is 0 Å². The second kappa shape index (κ2) is 8.56. The van der Waals surface area contributed by atoms with Gasteiger partial charge in [-0.25, -0.2) is 0 Å². The average Bonchev–Trinajstić information content (AvgIpc) is 2.49. The van der Waals surface area contributed by atoms with Crippen LogP contribution < -0.4 is 5.32 Å². The van der Waals surface area contributed by atoms with Crippen molar-refractivity contribution >= 4 is 23.4 Å². The van der Waals surface area contributed by atoms with Crippen LogP contribution in [0.15, 0.2) is 24.3 Å². The quantitative estimate of drug-likeness (QED) is 0.845. The van der Waals surface area contributed by atoms with Gasteiger partial charge in [-0.3, -0.25) is 9.69 Å². The molecule has 0 aromatic heterocycles. The molecule has 0 bridgehead atoms. The number of likely N-dealkylation sites (tertiary alicyclic amines) is 1. The largest absolute Gasteiger partial charge is 0.393 e. The number of aliphatic hydroxyl groups excluding tert-OH is 1. The van der Waals surface area contributed by atoms with Gasteiger partial charge in [-0.1, -0.05) is 19.1 Å². The molecule has 1 unspecified atom stereocenters. The molecule has 1 atom stereocenters. The van der Waals surface area contributed by atoms with Crippen LogP contribution >= 0.6 is 11.8 Å². The molecule has 4 nitrogen and oxygen atoms in total. The van der Waals surface area contributed by atoms with Crippen LogP contribution in [0.25, 0.3) is 0 Å². The number of carbonyl (C=O) groups excluding carboxylic acids is 1. The Morgan fingerprint density at radius 1 is 1.45 bits per heavy atom. The first kappa shape index (κ1) is 17.3. The smallest absolute Gasteiger partial charge is 0.225 e. The van der Waals surface area contributed by atoms with E-state index in [2.05, 4.69) is 23.2 Å². The molecule has 1 fully saturated rings. The minimum Gasteiger partial charge on any atom is -0.393 e. The Kier molecular flexibility index (Phi) is 6.73. The Hall–Kier alpha value is -1.04. The number of thioether (sulfide) groups is 1. The summed E-state index contributed by atoms with van der Waals surface area (Å²) in [6.45, 7) is 4.80. The zero-order valence-electron chi connectivity index (χ0n) is 13.4. The molecule has 0 saturated carbocycles. The average molecular weight is 322 g/mol. The van der Waals surface area contributed by atoms with E-state index in [1.807, 2.05) is 24.5 Å². The zero-order chi connectivity index (χ0) is 15.9. The highest BCUT2D eigenvalue weighted by atomic mass is 32.2. The van der Waals surface area contributed by atoms with Gasteiger partial charge in [0, 0.05) is 37.0 Å². The van der Waals surface area contributed by atoms with E-state index in [1.54, 1.807) is 11.8 Å². The van der Waals surface area contributed by atoms with Crippen molar-refractivity contribution in [1.82, 2.24) is 4.90 Å². The van der Waals surface area contributed by atoms with Crippen LogP contribution in [0, 0.1) is 0 Å². The highest BCUT2D eigenvalue weighted by Gasteiger charge is 2.17.